The van der Waals surface area contributed by atoms with Gasteiger partial charge in [0.2, 0.25) is 0 Å². The van der Waals surface area contributed by atoms with Gasteiger partial charge in [-0.1, -0.05) is 20.8 Å². The lowest BCUT2D eigenvalue weighted by Crippen LogP contribution is -2.45. The fraction of sp³-hybridized carbons (Fsp3) is 0.900. The molecule has 0 aliphatic rings. The lowest BCUT2D eigenvalue weighted by Gasteiger charge is -2.32. The zero-order chi connectivity index (χ0) is 33.2. The Labute approximate surface area is 240 Å². The number of carbonyl (C=O) groups excluding carboxylic acids is 3. The van der Waals surface area contributed by atoms with Crippen molar-refractivity contribution < 1.29 is 46.9 Å². The molecule has 7 nitrogen and oxygen atoms in total. The van der Waals surface area contributed by atoms with Crippen LogP contribution >= 0.6 is 0 Å². The molecular weight excluding hydrogens is 529 g/mol. The van der Waals surface area contributed by atoms with Crippen LogP contribution < -0.4 is 0 Å². The van der Waals surface area contributed by atoms with Gasteiger partial charge in [0, 0.05) is 0 Å². The predicted molar refractivity (Wildman–Crippen MR) is 152 cm³/mol. The Morgan fingerprint density at radius 3 is 1.10 bits per heavy atom. The third-order valence-electron chi connectivity index (χ3n) is 6.04. The van der Waals surface area contributed by atoms with Gasteiger partial charge < -0.3 is 19.3 Å². The third-order valence-corrected chi connectivity index (χ3v) is 6.04. The summed E-state index contributed by atoms with van der Waals surface area (Å²) in [6.45, 7) is 27.1. The summed E-state index contributed by atoms with van der Waals surface area (Å²) in [6, 6.07) is 0. The Morgan fingerprint density at radius 1 is 0.550 bits per heavy atom. The maximum absolute atomic E-state index is 12.6. The van der Waals surface area contributed by atoms with Crippen molar-refractivity contribution in [2.45, 2.75) is 153 Å². The molecule has 0 aromatic heterocycles. The summed E-state index contributed by atoms with van der Waals surface area (Å²) in [7, 11) is 0. The van der Waals surface area contributed by atoms with Crippen LogP contribution in [0, 0.1) is 16.2 Å². The molecule has 0 saturated carbocycles. The molecule has 0 radical (unpaired) electrons. The molecule has 0 fully saturated rings. The zero-order valence-electron chi connectivity index (χ0n) is 27.9. The molecule has 0 saturated heterocycles. The van der Waals surface area contributed by atoms with Gasteiger partial charge in [0.1, 0.15) is 16.8 Å². The smallest absolute Gasteiger partial charge is 0.404 e. The van der Waals surface area contributed by atoms with Crippen molar-refractivity contribution in [1.82, 2.24) is 0 Å². The SMILES string of the molecule is CCC(C)(C(=O)OC(C)(C)C)C(F)(F)F.CCC(C)(C)C(=O)OC(C)(C)C.CCC(C)(CO)C(=O)OC(C)(C)C. The highest BCUT2D eigenvalue weighted by Crippen LogP contribution is 2.42. The lowest BCUT2D eigenvalue weighted by molar-refractivity contribution is -0.236. The quantitative estimate of drug-likeness (QED) is 0.240. The number of rotatable bonds is 7. The van der Waals surface area contributed by atoms with Crippen LogP contribution in [0.15, 0.2) is 0 Å². The molecule has 40 heavy (non-hydrogen) atoms. The van der Waals surface area contributed by atoms with Crippen molar-refractivity contribution in [1.29, 1.82) is 0 Å². The number of aliphatic hydroxyl groups is 1. The van der Waals surface area contributed by atoms with Crippen LogP contribution in [-0.2, 0) is 28.6 Å². The van der Waals surface area contributed by atoms with E-state index >= 15 is 0 Å². The van der Waals surface area contributed by atoms with Crippen LogP contribution in [-0.4, -0.2) is 52.6 Å². The van der Waals surface area contributed by atoms with Gasteiger partial charge in [0.15, 0.2) is 5.41 Å². The average molecular weight is 587 g/mol. The van der Waals surface area contributed by atoms with Crippen molar-refractivity contribution in [3.8, 4) is 0 Å². The van der Waals surface area contributed by atoms with Crippen LogP contribution in [0.4, 0.5) is 13.2 Å². The monoisotopic (exact) mass is 586 g/mol. The first-order valence-corrected chi connectivity index (χ1v) is 13.8. The second-order valence-corrected chi connectivity index (χ2v) is 14.0. The van der Waals surface area contributed by atoms with Crippen LogP contribution in [0.5, 0.6) is 0 Å². The number of ether oxygens (including phenoxy) is 3. The highest BCUT2D eigenvalue weighted by atomic mass is 19.4. The van der Waals surface area contributed by atoms with E-state index in [9.17, 15) is 27.6 Å². The van der Waals surface area contributed by atoms with Crippen LogP contribution in [0.3, 0.4) is 0 Å². The molecule has 0 aromatic carbocycles. The minimum absolute atomic E-state index is 0.113. The maximum atomic E-state index is 12.6. The van der Waals surface area contributed by atoms with Crippen molar-refractivity contribution >= 4 is 17.9 Å². The molecule has 0 amide bonds. The Balaban J connectivity index is -0.000000517. The number of alkyl halides is 3. The number of carbonyl (C=O) groups is 3. The normalized spacial score (nSPS) is 15.6. The van der Waals surface area contributed by atoms with E-state index in [0.29, 0.717) is 6.42 Å². The fourth-order valence-electron chi connectivity index (χ4n) is 2.13. The number of hydrogen-bond donors (Lipinski definition) is 1. The molecule has 0 aliphatic heterocycles. The van der Waals surface area contributed by atoms with E-state index in [-0.39, 0.29) is 36.0 Å². The summed E-state index contributed by atoms with van der Waals surface area (Å²) < 4.78 is 53.1. The third kappa shape index (κ3) is 16.4. The van der Waals surface area contributed by atoms with Gasteiger partial charge in [-0.15, -0.1) is 0 Å². The molecule has 1 N–H and O–H groups in total. The van der Waals surface area contributed by atoms with Crippen molar-refractivity contribution in [3.05, 3.63) is 0 Å². The van der Waals surface area contributed by atoms with Gasteiger partial charge in [-0.3, -0.25) is 14.4 Å². The maximum Gasteiger partial charge on any atom is 0.404 e. The molecule has 2 atom stereocenters. The van der Waals surface area contributed by atoms with Crippen molar-refractivity contribution in [2.24, 2.45) is 16.2 Å². The minimum Gasteiger partial charge on any atom is -0.460 e. The summed E-state index contributed by atoms with van der Waals surface area (Å²) >= 11 is 0. The van der Waals surface area contributed by atoms with Gasteiger partial charge >= 0.3 is 24.1 Å². The van der Waals surface area contributed by atoms with Gasteiger partial charge in [-0.2, -0.15) is 13.2 Å². The first-order chi connectivity index (χ1) is 17.4. The standard InChI is InChI=1S/C10H17F3O2.C10H20O3.C10H20O2/c1-6-9(5,10(11,12)13)7(14)15-8(2,3)4;1-6-10(5,7-11)8(12)13-9(2,3)4;1-7-10(5,6)8(11)12-9(2,3)4/h6H2,1-5H3;11H,6-7H2,1-5H3;7H2,1-6H3. The first-order valence-electron chi connectivity index (χ1n) is 13.8. The van der Waals surface area contributed by atoms with E-state index in [1.165, 1.54) is 27.7 Å². The Morgan fingerprint density at radius 2 is 0.875 bits per heavy atom. The first kappa shape index (κ1) is 42.6. The summed E-state index contributed by atoms with van der Waals surface area (Å²) in [4.78, 5) is 34.5. The lowest BCUT2D eigenvalue weighted by atomic mass is 9.86. The van der Waals surface area contributed by atoms with E-state index < -0.39 is 34.2 Å². The molecule has 0 aromatic rings. The molecule has 2 unspecified atom stereocenters. The molecule has 10 heteroatoms. The molecular formula is C30H57F3O7. The highest BCUT2D eigenvalue weighted by molar-refractivity contribution is 5.78. The molecule has 0 spiro atoms. The Hall–Kier alpha value is -1.84. The average Bonchev–Trinajstić information content (AvgIpc) is 2.74. The molecule has 240 valence electrons. The van der Waals surface area contributed by atoms with Gasteiger partial charge in [0.05, 0.1) is 17.4 Å². The predicted octanol–water partition coefficient (Wildman–Crippen LogP) is 7.81. The summed E-state index contributed by atoms with van der Waals surface area (Å²) in [5.74, 6) is -1.66. The second-order valence-electron chi connectivity index (χ2n) is 14.0. The summed E-state index contributed by atoms with van der Waals surface area (Å²) in [5, 5.41) is 9.05. The molecule has 0 aliphatic carbocycles. The minimum atomic E-state index is -4.58. The number of halogens is 3. The van der Waals surface area contributed by atoms with Crippen molar-refractivity contribution in [2.75, 3.05) is 6.61 Å². The van der Waals surface area contributed by atoms with Crippen LogP contribution in [0.1, 0.15) is 130 Å². The molecule has 0 bridgehead atoms. The van der Waals surface area contributed by atoms with E-state index in [1.54, 1.807) is 6.92 Å². The molecule has 0 heterocycles. The second kappa shape index (κ2) is 15.4. The van der Waals surface area contributed by atoms with Crippen LogP contribution in [0.2, 0.25) is 0 Å². The fourth-order valence-corrected chi connectivity index (χ4v) is 2.13. The van der Waals surface area contributed by atoms with Gasteiger partial charge in [-0.05, 0) is 109 Å². The Bertz CT molecular complexity index is 794. The zero-order valence-corrected chi connectivity index (χ0v) is 27.9. The topological polar surface area (TPSA) is 99.1 Å². The number of esters is 3. The van der Waals surface area contributed by atoms with E-state index in [2.05, 4.69) is 0 Å². The van der Waals surface area contributed by atoms with Gasteiger partial charge in [-0.25, -0.2) is 0 Å². The van der Waals surface area contributed by atoms with Gasteiger partial charge in [0.25, 0.3) is 0 Å². The highest BCUT2D eigenvalue weighted by Gasteiger charge is 2.57. The summed E-state index contributed by atoms with van der Waals surface area (Å²) in [5.41, 5.74) is -5.29. The number of hydrogen-bond acceptors (Lipinski definition) is 7. The number of aliphatic hydroxyl groups excluding tert-OH is 1. The van der Waals surface area contributed by atoms with E-state index in [1.807, 2.05) is 69.2 Å². The van der Waals surface area contributed by atoms with E-state index in [4.69, 9.17) is 19.3 Å². The van der Waals surface area contributed by atoms with Crippen LogP contribution in [0.25, 0.3) is 0 Å². The Kier molecular flexibility index (Phi) is 16.4. The molecule has 0 rings (SSSR count). The van der Waals surface area contributed by atoms with E-state index in [0.717, 1.165) is 13.3 Å². The largest absolute Gasteiger partial charge is 0.460 e. The summed E-state index contributed by atoms with van der Waals surface area (Å²) in [6.07, 6.45) is -3.52. The van der Waals surface area contributed by atoms with Crippen molar-refractivity contribution in [3.63, 3.8) is 0 Å².